The first-order valence-corrected chi connectivity index (χ1v) is 8.13. The van der Waals surface area contributed by atoms with E-state index in [1.165, 1.54) is 30.3 Å². The van der Waals surface area contributed by atoms with E-state index in [9.17, 15) is 23.1 Å². The maximum Gasteiger partial charge on any atom is 0.432 e. The normalized spacial score (nSPS) is 18.8. The average Bonchev–Trinajstić information content (AvgIpc) is 2.93. The minimum atomic E-state index is -4.90. The second kappa shape index (κ2) is 6.90. The van der Waals surface area contributed by atoms with Crippen molar-refractivity contribution < 1.29 is 23.1 Å². The van der Waals surface area contributed by atoms with E-state index in [4.69, 9.17) is 23.2 Å². The molecule has 2 aromatic rings. The number of para-hydroxylation sites is 1. The molecule has 1 aliphatic rings. The van der Waals surface area contributed by atoms with E-state index in [1.54, 1.807) is 18.2 Å². The second-order valence-corrected chi connectivity index (χ2v) is 6.40. The van der Waals surface area contributed by atoms with Crippen LogP contribution < -0.4 is 5.01 Å². The summed E-state index contributed by atoms with van der Waals surface area (Å²) in [5, 5.41) is 14.8. The van der Waals surface area contributed by atoms with Crippen LogP contribution in [0.15, 0.2) is 53.6 Å². The summed E-state index contributed by atoms with van der Waals surface area (Å²) in [5.41, 5.74) is -1.26. The van der Waals surface area contributed by atoms with Gasteiger partial charge in [0.15, 0.2) is 5.71 Å². The third-order valence-electron chi connectivity index (χ3n) is 3.87. The number of aliphatic hydroxyl groups excluding tert-OH is 1. The fraction of sp³-hybridized carbons (Fsp3) is 0.176. The quantitative estimate of drug-likeness (QED) is 0.814. The molecule has 26 heavy (non-hydrogen) atoms. The van der Waals surface area contributed by atoms with Crippen molar-refractivity contribution in [3.05, 3.63) is 64.1 Å². The number of carbonyl (C=O) groups is 1. The van der Waals surface area contributed by atoms with Gasteiger partial charge in [-0.3, -0.25) is 4.79 Å². The van der Waals surface area contributed by atoms with Crippen molar-refractivity contribution in [2.45, 2.75) is 12.3 Å². The van der Waals surface area contributed by atoms with Crippen molar-refractivity contribution in [3.63, 3.8) is 0 Å². The van der Waals surface area contributed by atoms with Crippen molar-refractivity contribution in [1.82, 2.24) is 0 Å². The van der Waals surface area contributed by atoms with Gasteiger partial charge in [0.05, 0.1) is 11.8 Å². The highest BCUT2D eigenvalue weighted by Crippen LogP contribution is 2.40. The SMILES string of the molecule is O=C1[C@H]([C@H](O)c2ccc(Cl)cc2Cl)C(C(F)(F)F)=NN1c1ccccc1. The number of halogens is 5. The van der Waals surface area contributed by atoms with Gasteiger partial charge in [-0.15, -0.1) is 0 Å². The number of hydrazone groups is 1. The van der Waals surface area contributed by atoms with E-state index in [0.717, 1.165) is 0 Å². The first kappa shape index (κ1) is 18.7. The van der Waals surface area contributed by atoms with Crippen LogP contribution in [0.4, 0.5) is 18.9 Å². The maximum atomic E-state index is 13.4. The molecule has 4 nitrogen and oxygen atoms in total. The minimum Gasteiger partial charge on any atom is -0.387 e. The van der Waals surface area contributed by atoms with Crippen molar-refractivity contribution in [2.24, 2.45) is 11.0 Å². The standard InChI is InChI=1S/C17H11Cl2F3N2O2/c18-9-6-7-11(12(19)8-9)14(25)13-15(17(20,21)22)23-24(16(13)26)10-4-2-1-3-5-10/h1-8,13-14,25H/t13-,14-/m1/s1. The summed E-state index contributed by atoms with van der Waals surface area (Å²) in [7, 11) is 0. The molecule has 1 amide bonds. The number of aliphatic hydroxyl groups is 1. The lowest BCUT2D eigenvalue weighted by Gasteiger charge is -2.21. The Morgan fingerprint density at radius 1 is 1.12 bits per heavy atom. The predicted octanol–water partition coefficient (Wildman–Crippen LogP) is 4.61. The van der Waals surface area contributed by atoms with Crippen LogP contribution in [0.25, 0.3) is 0 Å². The molecule has 9 heteroatoms. The summed E-state index contributed by atoms with van der Waals surface area (Å²) >= 11 is 11.7. The van der Waals surface area contributed by atoms with Gasteiger partial charge in [-0.2, -0.15) is 23.3 Å². The smallest absolute Gasteiger partial charge is 0.387 e. The summed E-state index contributed by atoms with van der Waals surface area (Å²) in [5.74, 6) is -2.93. The fourth-order valence-corrected chi connectivity index (χ4v) is 3.18. The molecule has 0 aliphatic carbocycles. The van der Waals surface area contributed by atoms with Crippen LogP contribution in [0.1, 0.15) is 11.7 Å². The van der Waals surface area contributed by atoms with Crippen molar-refractivity contribution in [2.75, 3.05) is 5.01 Å². The summed E-state index contributed by atoms with van der Waals surface area (Å²) in [6.45, 7) is 0. The molecule has 3 rings (SSSR count). The zero-order valence-corrected chi connectivity index (χ0v) is 14.4. The summed E-state index contributed by atoms with van der Waals surface area (Å²) in [6.07, 6.45) is -6.73. The maximum absolute atomic E-state index is 13.4. The number of nitrogens with zero attached hydrogens (tertiary/aromatic N) is 2. The Morgan fingerprint density at radius 2 is 1.77 bits per heavy atom. The van der Waals surface area contributed by atoms with Crippen LogP contribution in [0.2, 0.25) is 10.0 Å². The third kappa shape index (κ3) is 3.42. The average molecular weight is 403 g/mol. The van der Waals surface area contributed by atoms with E-state index in [2.05, 4.69) is 5.10 Å². The van der Waals surface area contributed by atoms with Gasteiger partial charge in [-0.1, -0.05) is 47.5 Å². The Morgan fingerprint density at radius 3 is 2.35 bits per heavy atom. The highest BCUT2D eigenvalue weighted by atomic mass is 35.5. The highest BCUT2D eigenvalue weighted by molar-refractivity contribution is 6.35. The lowest BCUT2D eigenvalue weighted by Crippen LogP contribution is -2.37. The molecule has 2 aromatic carbocycles. The van der Waals surface area contributed by atoms with Gasteiger partial charge in [-0.25, -0.2) is 0 Å². The van der Waals surface area contributed by atoms with Gasteiger partial charge < -0.3 is 5.11 Å². The Bertz CT molecular complexity index is 872. The highest BCUT2D eigenvalue weighted by Gasteiger charge is 2.53. The first-order chi connectivity index (χ1) is 12.2. The van der Waals surface area contributed by atoms with Crippen LogP contribution in [0.5, 0.6) is 0 Å². The fourth-order valence-electron chi connectivity index (χ4n) is 2.66. The lowest BCUT2D eigenvalue weighted by atomic mass is 9.91. The molecule has 0 saturated heterocycles. The minimum absolute atomic E-state index is 0.0405. The van der Waals surface area contributed by atoms with Gasteiger partial charge in [0.1, 0.15) is 5.92 Å². The van der Waals surface area contributed by atoms with Crippen molar-refractivity contribution >= 4 is 40.5 Å². The number of rotatable bonds is 3. The van der Waals surface area contributed by atoms with Crippen molar-refractivity contribution in [1.29, 1.82) is 0 Å². The largest absolute Gasteiger partial charge is 0.432 e. The molecule has 1 aliphatic heterocycles. The number of carbonyl (C=O) groups excluding carboxylic acids is 1. The topological polar surface area (TPSA) is 52.9 Å². The lowest BCUT2D eigenvalue weighted by molar-refractivity contribution is -0.123. The van der Waals surface area contributed by atoms with E-state index < -0.39 is 29.8 Å². The number of alkyl halides is 3. The molecule has 2 atom stereocenters. The summed E-state index contributed by atoms with van der Waals surface area (Å²) < 4.78 is 40.3. The Hall–Kier alpha value is -2.09. The Balaban J connectivity index is 2.04. The van der Waals surface area contributed by atoms with Crippen LogP contribution in [0, 0.1) is 5.92 Å². The summed E-state index contributed by atoms with van der Waals surface area (Å²) in [6, 6.07) is 11.6. The summed E-state index contributed by atoms with van der Waals surface area (Å²) in [4.78, 5) is 12.6. The molecule has 0 unspecified atom stereocenters. The first-order valence-electron chi connectivity index (χ1n) is 7.38. The second-order valence-electron chi connectivity index (χ2n) is 5.56. The van der Waals surface area contributed by atoms with Crippen LogP contribution in [0.3, 0.4) is 0 Å². The zero-order valence-electron chi connectivity index (χ0n) is 12.9. The number of amides is 1. The van der Waals surface area contributed by atoms with Crippen LogP contribution in [-0.2, 0) is 4.79 Å². The van der Waals surface area contributed by atoms with Gasteiger partial charge in [0.25, 0.3) is 5.91 Å². The number of hydrogen-bond acceptors (Lipinski definition) is 3. The van der Waals surface area contributed by atoms with E-state index in [0.29, 0.717) is 5.01 Å². The number of hydrogen-bond donors (Lipinski definition) is 1. The Kier molecular flexibility index (Phi) is 4.96. The van der Waals surface area contributed by atoms with Crippen LogP contribution in [-0.4, -0.2) is 22.9 Å². The van der Waals surface area contributed by atoms with Gasteiger partial charge in [0.2, 0.25) is 0 Å². The molecule has 0 radical (unpaired) electrons. The molecular weight excluding hydrogens is 392 g/mol. The molecule has 0 fully saturated rings. The van der Waals surface area contributed by atoms with Gasteiger partial charge in [0, 0.05) is 15.6 Å². The molecule has 0 spiro atoms. The third-order valence-corrected chi connectivity index (χ3v) is 4.43. The molecule has 0 saturated carbocycles. The predicted molar refractivity (Wildman–Crippen MR) is 92.3 cm³/mol. The monoisotopic (exact) mass is 402 g/mol. The molecule has 1 heterocycles. The van der Waals surface area contributed by atoms with Gasteiger partial charge in [-0.05, 0) is 24.3 Å². The number of anilines is 1. The van der Waals surface area contributed by atoms with E-state index >= 15 is 0 Å². The van der Waals surface area contributed by atoms with Crippen LogP contribution >= 0.6 is 23.2 Å². The van der Waals surface area contributed by atoms with Crippen molar-refractivity contribution in [3.8, 4) is 0 Å². The Labute approximate surface area is 156 Å². The molecule has 0 bridgehead atoms. The van der Waals surface area contributed by atoms with Gasteiger partial charge >= 0.3 is 6.18 Å². The zero-order chi connectivity index (χ0) is 19.1. The molecule has 136 valence electrons. The van der Waals surface area contributed by atoms with E-state index in [-0.39, 0.29) is 21.3 Å². The molecule has 1 N–H and O–H groups in total. The van der Waals surface area contributed by atoms with E-state index in [1.807, 2.05) is 0 Å². The molecule has 0 aromatic heterocycles. The molecular formula is C17H11Cl2F3N2O2. The number of benzene rings is 2.